The van der Waals surface area contributed by atoms with Crippen molar-refractivity contribution in [3.63, 3.8) is 0 Å². The molecule has 2 aromatic rings. The SMILES string of the molecule is O=C(C1=CC(c2cccc3c2Cc2ccccc2-3)CC(OCCCCO)O1)N1CCC(N2CCCCC2)CC1. The van der Waals surface area contributed by atoms with Gasteiger partial charge in [-0.15, -0.1) is 0 Å². The Kier molecular flexibility index (Phi) is 8.33. The zero-order chi connectivity index (χ0) is 26.6. The molecule has 6 heteroatoms. The highest BCUT2D eigenvalue weighted by molar-refractivity contribution is 5.92. The highest BCUT2D eigenvalue weighted by Crippen LogP contribution is 2.43. The lowest BCUT2D eigenvalue weighted by Crippen LogP contribution is -2.49. The molecular formula is C33H42N2O4. The molecule has 2 fully saturated rings. The lowest BCUT2D eigenvalue weighted by molar-refractivity contribution is -0.153. The Balaban J connectivity index is 1.20. The van der Waals surface area contributed by atoms with Crippen LogP contribution in [0.25, 0.3) is 11.1 Å². The van der Waals surface area contributed by atoms with Crippen LogP contribution in [0.4, 0.5) is 0 Å². The molecule has 0 spiro atoms. The number of unbranched alkanes of at least 4 members (excludes halogenated alkanes) is 1. The highest BCUT2D eigenvalue weighted by atomic mass is 16.7. The average molecular weight is 531 g/mol. The molecule has 3 aliphatic heterocycles. The predicted octanol–water partition coefficient (Wildman–Crippen LogP) is 5.24. The van der Waals surface area contributed by atoms with Gasteiger partial charge in [-0.2, -0.15) is 0 Å². The van der Waals surface area contributed by atoms with E-state index in [-0.39, 0.29) is 18.4 Å². The Bertz CT molecular complexity index is 1180. The van der Waals surface area contributed by atoms with Crippen LogP contribution in [-0.2, 0) is 20.7 Å². The van der Waals surface area contributed by atoms with Crippen LogP contribution in [0, 0.1) is 0 Å². The van der Waals surface area contributed by atoms with Crippen LogP contribution in [0.5, 0.6) is 0 Å². The Morgan fingerprint density at radius 1 is 0.949 bits per heavy atom. The maximum absolute atomic E-state index is 13.8. The summed E-state index contributed by atoms with van der Waals surface area (Å²) in [6.45, 7) is 4.64. The van der Waals surface area contributed by atoms with Crippen molar-refractivity contribution < 1.29 is 19.4 Å². The molecule has 6 rings (SSSR count). The molecule has 2 aromatic carbocycles. The molecule has 2 saturated heterocycles. The maximum atomic E-state index is 13.8. The van der Waals surface area contributed by atoms with E-state index in [1.165, 1.54) is 60.2 Å². The number of benzene rings is 2. The van der Waals surface area contributed by atoms with E-state index in [9.17, 15) is 4.79 Å². The van der Waals surface area contributed by atoms with Gasteiger partial charge in [-0.1, -0.05) is 48.9 Å². The molecule has 2 unspecified atom stereocenters. The molecular weight excluding hydrogens is 488 g/mol. The molecule has 39 heavy (non-hydrogen) atoms. The highest BCUT2D eigenvalue weighted by Gasteiger charge is 2.35. The van der Waals surface area contributed by atoms with Gasteiger partial charge in [0.2, 0.25) is 6.29 Å². The zero-order valence-corrected chi connectivity index (χ0v) is 23.0. The van der Waals surface area contributed by atoms with Crippen molar-refractivity contribution in [3.8, 4) is 11.1 Å². The van der Waals surface area contributed by atoms with Crippen LogP contribution in [0.1, 0.15) is 74.0 Å². The first-order valence-electron chi connectivity index (χ1n) is 15.1. The lowest BCUT2D eigenvalue weighted by Gasteiger charge is -2.40. The molecule has 3 heterocycles. The van der Waals surface area contributed by atoms with Crippen molar-refractivity contribution in [2.45, 2.75) is 76.0 Å². The van der Waals surface area contributed by atoms with Gasteiger partial charge in [-0.3, -0.25) is 4.79 Å². The van der Waals surface area contributed by atoms with Crippen molar-refractivity contribution >= 4 is 5.91 Å². The molecule has 1 aliphatic carbocycles. The molecule has 0 saturated carbocycles. The first-order valence-corrected chi connectivity index (χ1v) is 15.1. The van der Waals surface area contributed by atoms with E-state index in [2.05, 4.69) is 53.4 Å². The molecule has 2 atom stereocenters. The topological polar surface area (TPSA) is 62.2 Å². The average Bonchev–Trinajstić information content (AvgIpc) is 3.38. The summed E-state index contributed by atoms with van der Waals surface area (Å²) < 4.78 is 12.4. The third-order valence-corrected chi connectivity index (χ3v) is 9.07. The number of carbonyl (C=O) groups excluding carboxylic acids is 1. The number of likely N-dealkylation sites (tertiary alicyclic amines) is 2. The number of carbonyl (C=O) groups is 1. The molecule has 0 aromatic heterocycles. The van der Waals surface area contributed by atoms with Crippen molar-refractivity contribution in [1.29, 1.82) is 0 Å². The van der Waals surface area contributed by atoms with Crippen LogP contribution in [-0.4, -0.2) is 72.5 Å². The largest absolute Gasteiger partial charge is 0.459 e. The summed E-state index contributed by atoms with van der Waals surface area (Å²) in [5.74, 6) is 0.482. The Hall–Kier alpha value is -2.67. The quantitative estimate of drug-likeness (QED) is 0.404. The Labute approximate surface area is 232 Å². The van der Waals surface area contributed by atoms with E-state index in [0.29, 0.717) is 31.2 Å². The maximum Gasteiger partial charge on any atom is 0.288 e. The molecule has 0 bridgehead atoms. The Morgan fingerprint density at radius 3 is 2.56 bits per heavy atom. The molecule has 0 radical (unpaired) electrons. The van der Waals surface area contributed by atoms with Gasteiger partial charge in [0.25, 0.3) is 5.91 Å². The van der Waals surface area contributed by atoms with Crippen molar-refractivity contribution in [1.82, 2.24) is 9.80 Å². The number of hydrogen-bond donors (Lipinski definition) is 1. The summed E-state index contributed by atoms with van der Waals surface area (Å²) in [4.78, 5) is 18.4. The second kappa shape index (κ2) is 12.2. The number of aliphatic hydroxyl groups excluding tert-OH is 1. The second-order valence-electron chi connectivity index (χ2n) is 11.5. The predicted molar refractivity (Wildman–Crippen MR) is 152 cm³/mol. The standard InChI is InChI=1S/C33H42N2O4/c36-19-6-7-20-38-32-23-25(28-11-8-12-29-27-10-3-2-9-24(27)21-30(28)29)22-31(39-32)33(37)35-17-13-26(14-18-35)34-15-4-1-5-16-34/h2-3,8-12,22,25-26,32,36H,1,4-7,13-21,23H2. The third kappa shape index (κ3) is 5.79. The fourth-order valence-electron chi connectivity index (χ4n) is 6.96. The van der Waals surface area contributed by atoms with E-state index in [4.69, 9.17) is 14.6 Å². The van der Waals surface area contributed by atoms with Crippen molar-refractivity contribution in [2.75, 3.05) is 39.4 Å². The number of piperidine rings is 2. The van der Waals surface area contributed by atoms with E-state index >= 15 is 0 Å². The second-order valence-corrected chi connectivity index (χ2v) is 11.5. The molecule has 208 valence electrons. The number of rotatable bonds is 8. The summed E-state index contributed by atoms with van der Waals surface area (Å²) in [7, 11) is 0. The summed E-state index contributed by atoms with van der Waals surface area (Å²) >= 11 is 0. The van der Waals surface area contributed by atoms with Crippen LogP contribution in [0.15, 0.2) is 54.3 Å². The summed E-state index contributed by atoms with van der Waals surface area (Å²) in [5.41, 5.74) is 6.60. The van der Waals surface area contributed by atoms with Crippen molar-refractivity contribution in [2.24, 2.45) is 0 Å². The number of aliphatic hydroxyl groups is 1. The minimum atomic E-state index is -0.469. The number of nitrogens with zero attached hydrogens (tertiary/aromatic N) is 2. The van der Waals surface area contributed by atoms with Crippen LogP contribution >= 0.6 is 0 Å². The number of ether oxygens (including phenoxy) is 2. The van der Waals surface area contributed by atoms with Gasteiger partial charge < -0.3 is 24.4 Å². The summed E-state index contributed by atoms with van der Waals surface area (Å²) in [6, 6.07) is 15.8. The number of fused-ring (bicyclic) bond motifs is 3. The number of allylic oxidation sites excluding steroid dienone is 1. The fourth-order valence-corrected chi connectivity index (χ4v) is 6.96. The normalized spacial score (nSPS) is 23.6. The summed E-state index contributed by atoms with van der Waals surface area (Å²) in [5, 5.41) is 9.17. The third-order valence-electron chi connectivity index (χ3n) is 9.07. The molecule has 1 N–H and O–H groups in total. The molecule has 6 nitrogen and oxygen atoms in total. The van der Waals surface area contributed by atoms with E-state index in [0.717, 1.165) is 38.8 Å². The van der Waals surface area contributed by atoms with E-state index in [1.54, 1.807) is 0 Å². The van der Waals surface area contributed by atoms with Gasteiger partial charge in [0, 0.05) is 38.1 Å². The minimum absolute atomic E-state index is 0.00313. The minimum Gasteiger partial charge on any atom is -0.459 e. The van der Waals surface area contributed by atoms with Crippen molar-refractivity contribution in [3.05, 3.63) is 71.0 Å². The van der Waals surface area contributed by atoms with E-state index < -0.39 is 6.29 Å². The zero-order valence-electron chi connectivity index (χ0n) is 23.0. The van der Waals surface area contributed by atoms with Crippen LogP contribution in [0.3, 0.4) is 0 Å². The van der Waals surface area contributed by atoms with Crippen LogP contribution < -0.4 is 0 Å². The lowest BCUT2D eigenvalue weighted by atomic mass is 9.87. The van der Waals surface area contributed by atoms with Crippen LogP contribution in [0.2, 0.25) is 0 Å². The smallest absolute Gasteiger partial charge is 0.288 e. The van der Waals surface area contributed by atoms with Gasteiger partial charge in [0.1, 0.15) is 0 Å². The van der Waals surface area contributed by atoms with Gasteiger partial charge in [-0.05, 0) is 91.9 Å². The number of hydrogen-bond acceptors (Lipinski definition) is 5. The van der Waals surface area contributed by atoms with Gasteiger partial charge >= 0.3 is 0 Å². The monoisotopic (exact) mass is 530 g/mol. The molecule has 1 amide bonds. The first-order chi connectivity index (χ1) is 19.2. The number of amides is 1. The molecule has 4 aliphatic rings. The fraction of sp³-hybridized carbons (Fsp3) is 0.545. The van der Waals surface area contributed by atoms with Gasteiger partial charge in [0.05, 0.1) is 6.61 Å². The Morgan fingerprint density at radius 2 is 1.74 bits per heavy atom. The first kappa shape index (κ1) is 26.5. The van der Waals surface area contributed by atoms with E-state index in [1.807, 2.05) is 4.90 Å². The van der Waals surface area contributed by atoms with Gasteiger partial charge in [-0.25, -0.2) is 0 Å². The van der Waals surface area contributed by atoms with Gasteiger partial charge in [0.15, 0.2) is 5.76 Å². The summed E-state index contributed by atoms with van der Waals surface area (Å²) in [6.07, 6.45) is 10.7.